The number of nitrogens with one attached hydrogen (secondary N) is 2. The van der Waals surface area contributed by atoms with Crippen molar-refractivity contribution in [3.8, 4) is 0 Å². The third kappa shape index (κ3) is 5.77. The van der Waals surface area contributed by atoms with E-state index in [9.17, 15) is 19.2 Å². The van der Waals surface area contributed by atoms with E-state index in [0.717, 1.165) is 23.3 Å². The van der Waals surface area contributed by atoms with Crippen LogP contribution in [-0.4, -0.2) is 65.0 Å². The lowest BCUT2D eigenvalue weighted by atomic mass is 9.90. The molecule has 0 radical (unpaired) electrons. The van der Waals surface area contributed by atoms with Gasteiger partial charge in [0.25, 0.3) is 5.91 Å². The minimum Gasteiger partial charge on any atom is -0.444 e. The van der Waals surface area contributed by atoms with Gasteiger partial charge in [-0.3, -0.25) is 14.5 Å². The summed E-state index contributed by atoms with van der Waals surface area (Å²) in [5, 5.41) is 5.29. The average Bonchev–Trinajstić information content (AvgIpc) is 3.03. The summed E-state index contributed by atoms with van der Waals surface area (Å²) < 4.78 is 5.32. The Kier molecular flexibility index (Phi) is 7.06. The Balaban J connectivity index is 1.65. The number of hydrogen-bond acceptors (Lipinski definition) is 5. The summed E-state index contributed by atoms with van der Waals surface area (Å²) in [5.74, 6) is -0.131. The zero-order valence-corrected chi connectivity index (χ0v) is 19.1. The number of urea groups is 1. The van der Waals surface area contributed by atoms with E-state index in [4.69, 9.17) is 4.74 Å². The number of carbonyl (C=O) groups excluding carboxylic acids is 4. The van der Waals surface area contributed by atoms with Crippen LogP contribution >= 0.6 is 0 Å². The maximum Gasteiger partial charge on any atom is 0.407 e. The summed E-state index contributed by atoms with van der Waals surface area (Å²) in [7, 11) is 0. The molecule has 32 heavy (non-hydrogen) atoms. The first-order chi connectivity index (χ1) is 15.0. The van der Waals surface area contributed by atoms with E-state index in [0.29, 0.717) is 18.7 Å². The number of carbonyl (C=O) groups is 4. The van der Waals surface area contributed by atoms with E-state index in [1.165, 1.54) is 0 Å². The molecular formula is C23H32N4O5. The predicted octanol–water partition coefficient (Wildman–Crippen LogP) is 2.50. The van der Waals surface area contributed by atoms with Crippen LogP contribution in [-0.2, 0) is 16.1 Å². The second-order valence-electron chi connectivity index (χ2n) is 9.40. The first-order valence-corrected chi connectivity index (χ1v) is 11.0. The third-order valence-corrected chi connectivity index (χ3v) is 5.71. The number of alkyl carbamates (subject to hydrolysis) is 1. The molecule has 174 valence electrons. The zero-order chi connectivity index (χ0) is 23.5. The molecule has 0 spiro atoms. The molecule has 0 unspecified atom stereocenters. The lowest BCUT2D eigenvalue weighted by Gasteiger charge is -2.40. The SMILES string of the molecule is C[C@H]1CCCN(C(=O)c2ccc(CN3C(=O)CNC3=O)cc2)[C@H]1CNC(=O)OC(C)(C)C. The molecule has 3 rings (SSSR count). The Labute approximate surface area is 188 Å². The number of amides is 5. The summed E-state index contributed by atoms with van der Waals surface area (Å²) in [5.41, 5.74) is 0.712. The van der Waals surface area contributed by atoms with Crippen molar-refractivity contribution >= 4 is 23.9 Å². The topological polar surface area (TPSA) is 108 Å². The van der Waals surface area contributed by atoms with Gasteiger partial charge in [-0.15, -0.1) is 0 Å². The normalized spacial score (nSPS) is 21.4. The van der Waals surface area contributed by atoms with Gasteiger partial charge in [0.2, 0.25) is 5.91 Å². The third-order valence-electron chi connectivity index (χ3n) is 5.71. The van der Waals surface area contributed by atoms with Gasteiger partial charge in [-0.1, -0.05) is 19.1 Å². The molecule has 2 aliphatic rings. The highest BCUT2D eigenvalue weighted by Gasteiger charge is 2.33. The van der Waals surface area contributed by atoms with Crippen molar-refractivity contribution in [3.63, 3.8) is 0 Å². The predicted molar refractivity (Wildman–Crippen MR) is 118 cm³/mol. The quantitative estimate of drug-likeness (QED) is 0.679. The second-order valence-corrected chi connectivity index (χ2v) is 9.40. The van der Waals surface area contributed by atoms with Crippen molar-refractivity contribution < 1.29 is 23.9 Å². The maximum absolute atomic E-state index is 13.2. The van der Waals surface area contributed by atoms with Crippen molar-refractivity contribution in [1.29, 1.82) is 0 Å². The minimum atomic E-state index is -0.583. The Hall–Kier alpha value is -3.10. The Morgan fingerprint density at radius 2 is 1.88 bits per heavy atom. The Morgan fingerprint density at radius 1 is 1.19 bits per heavy atom. The molecule has 1 aromatic carbocycles. The van der Waals surface area contributed by atoms with E-state index >= 15 is 0 Å². The number of imide groups is 1. The van der Waals surface area contributed by atoms with Crippen LogP contribution in [0.5, 0.6) is 0 Å². The average molecular weight is 445 g/mol. The molecule has 9 heteroatoms. The number of rotatable bonds is 5. The number of benzene rings is 1. The van der Waals surface area contributed by atoms with Gasteiger partial charge in [0.1, 0.15) is 5.60 Å². The molecule has 0 aliphatic carbocycles. The molecule has 2 saturated heterocycles. The van der Waals surface area contributed by atoms with Crippen LogP contribution in [0.3, 0.4) is 0 Å². The van der Waals surface area contributed by atoms with E-state index in [2.05, 4.69) is 17.6 Å². The van der Waals surface area contributed by atoms with Crippen LogP contribution in [0, 0.1) is 5.92 Å². The largest absolute Gasteiger partial charge is 0.444 e. The van der Waals surface area contributed by atoms with Crippen LogP contribution in [0.4, 0.5) is 9.59 Å². The van der Waals surface area contributed by atoms with E-state index in [-0.39, 0.29) is 36.9 Å². The van der Waals surface area contributed by atoms with E-state index in [1.54, 1.807) is 45.0 Å². The van der Waals surface area contributed by atoms with Gasteiger partial charge in [0.05, 0.1) is 19.1 Å². The molecule has 1 aromatic rings. The highest BCUT2D eigenvalue weighted by atomic mass is 16.6. The summed E-state index contributed by atoms with van der Waals surface area (Å²) in [6.45, 7) is 8.63. The summed E-state index contributed by atoms with van der Waals surface area (Å²) in [6.07, 6.45) is 1.39. The maximum atomic E-state index is 13.2. The van der Waals surface area contributed by atoms with Gasteiger partial charge in [-0.2, -0.15) is 0 Å². The molecule has 9 nitrogen and oxygen atoms in total. The van der Waals surface area contributed by atoms with Crippen molar-refractivity contribution in [1.82, 2.24) is 20.4 Å². The van der Waals surface area contributed by atoms with Crippen LogP contribution < -0.4 is 10.6 Å². The molecule has 0 aromatic heterocycles. The molecule has 2 fully saturated rings. The number of likely N-dealkylation sites (tertiary alicyclic amines) is 1. The molecule has 2 aliphatic heterocycles. The fraction of sp³-hybridized carbons (Fsp3) is 0.565. The fourth-order valence-corrected chi connectivity index (χ4v) is 4.03. The van der Waals surface area contributed by atoms with Gasteiger partial charge in [-0.25, -0.2) is 9.59 Å². The van der Waals surface area contributed by atoms with Crippen LogP contribution in [0.1, 0.15) is 56.5 Å². The number of hydrogen-bond donors (Lipinski definition) is 2. The van der Waals surface area contributed by atoms with E-state index in [1.807, 2.05) is 4.90 Å². The molecule has 0 bridgehead atoms. The monoisotopic (exact) mass is 444 g/mol. The van der Waals surface area contributed by atoms with Gasteiger partial charge >= 0.3 is 12.1 Å². The lowest BCUT2D eigenvalue weighted by Crippen LogP contribution is -2.53. The molecule has 5 amide bonds. The second kappa shape index (κ2) is 9.58. The number of ether oxygens (including phenoxy) is 1. The van der Waals surface area contributed by atoms with Crippen molar-refractivity contribution in [2.45, 2.75) is 58.7 Å². The molecule has 2 heterocycles. The smallest absolute Gasteiger partial charge is 0.407 e. The van der Waals surface area contributed by atoms with Gasteiger partial charge in [-0.05, 0) is 57.2 Å². The van der Waals surface area contributed by atoms with Crippen LogP contribution in [0.25, 0.3) is 0 Å². The van der Waals surface area contributed by atoms with Crippen LogP contribution in [0.15, 0.2) is 24.3 Å². The van der Waals surface area contributed by atoms with Gasteiger partial charge in [0, 0.05) is 18.7 Å². The molecule has 2 N–H and O–H groups in total. The lowest BCUT2D eigenvalue weighted by molar-refractivity contribution is -0.125. The van der Waals surface area contributed by atoms with Crippen molar-refractivity contribution in [2.75, 3.05) is 19.6 Å². The molecular weight excluding hydrogens is 412 g/mol. The zero-order valence-electron chi connectivity index (χ0n) is 19.1. The summed E-state index contributed by atoms with van der Waals surface area (Å²) in [4.78, 5) is 51.8. The summed E-state index contributed by atoms with van der Waals surface area (Å²) in [6, 6.07) is 6.41. The summed E-state index contributed by atoms with van der Waals surface area (Å²) >= 11 is 0. The van der Waals surface area contributed by atoms with Crippen molar-refractivity contribution in [3.05, 3.63) is 35.4 Å². The first-order valence-electron chi connectivity index (χ1n) is 11.0. The standard InChI is InChI=1S/C23H32N4O5/c1-15-6-5-11-26(18(15)12-25-22(31)32-23(2,3)4)20(29)17-9-7-16(8-10-17)14-27-19(28)13-24-21(27)30/h7-10,15,18H,5-6,11-14H2,1-4H3,(H,24,30)(H,25,31)/t15-,18-/m0/s1. The van der Waals surface area contributed by atoms with Gasteiger partial charge in [0.15, 0.2) is 0 Å². The van der Waals surface area contributed by atoms with Gasteiger partial charge < -0.3 is 20.3 Å². The highest BCUT2D eigenvalue weighted by Crippen LogP contribution is 2.25. The Bertz CT molecular complexity index is 861. The number of nitrogens with zero attached hydrogens (tertiary/aromatic N) is 2. The number of piperidine rings is 1. The van der Waals surface area contributed by atoms with Crippen molar-refractivity contribution in [2.24, 2.45) is 5.92 Å². The highest BCUT2D eigenvalue weighted by molar-refractivity contribution is 6.01. The molecule has 0 saturated carbocycles. The van der Waals surface area contributed by atoms with Crippen LogP contribution in [0.2, 0.25) is 0 Å². The van der Waals surface area contributed by atoms with E-state index < -0.39 is 17.7 Å². The fourth-order valence-electron chi connectivity index (χ4n) is 4.03. The minimum absolute atomic E-state index is 0.0151. The molecule has 2 atom stereocenters. The Morgan fingerprint density at radius 3 is 2.47 bits per heavy atom. The first kappa shape index (κ1) is 23.6.